The summed E-state index contributed by atoms with van der Waals surface area (Å²) in [7, 11) is 1.54. The molecule has 0 aliphatic rings. The van der Waals surface area contributed by atoms with Crippen LogP contribution in [0.5, 0.6) is 5.75 Å². The Hall–Kier alpha value is -2.04. The summed E-state index contributed by atoms with van der Waals surface area (Å²) in [4.78, 5) is 4.00. The Labute approximate surface area is 172 Å². The minimum atomic E-state index is -2.54. The van der Waals surface area contributed by atoms with E-state index < -0.39 is 24.7 Å². The maximum Gasteiger partial charge on any atom is 0.272 e. The maximum absolute atomic E-state index is 13.6. The highest BCUT2D eigenvalue weighted by atomic mass is 127. The van der Waals surface area contributed by atoms with Gasteiger partial charge in [-0.3, -0.25) is 4.99 Å². The van der Waals surface area contributed by atoms with Crippen LogP contribution in [-0.4, -0.2) is 26.0 Å². The molecule has 148 valence electrons. The quantitative estimate of drug-likeness (QED) is 0.262. The van der Waals surface area contributed by atoms with Gasteiger partial charge in [0.1, 0.15) is 24.0 Å². The van der Waals surface area contributed by atoms with Crippen LogP contribution in [0.2, 0.25) is 0 Å². The van der Waals surface area contributed by atoms with E-state index >= 15 is 0 Å². The second kappa shape index (κ2) is 11.6. The number of aliphatic imine (C=N–C) groups is 1. The van der Waals surface area contributed by atoms with Gasteiger partial charge in [0, 0.05) is 25.7 Å². The van der Waals surface area contributed by atoms with Crippen LogP contribution >= 0.6 is 24.0 Å². The molecule has 0 fully saturated rings. The average Bonchev–Trinajstić information content (AvgIpc) is 2.63. The molecule has 0 aliphatic carbocycles. The highest BCUT2D eigenvalue weighted by molar-refractivity contribution is 14.0. The number of alkyl halides is 2. The van der Waals surface area contributed by atoms with E-state index in [4.69, 9.17) is 4.74 Å². The highest BCUT2D eigenvalue weighted by Gasteiger charge is 2.06. The number of ether oxygens (including phenoxy) is 1. The largest absolute Gasteiger partial charge is 0.488 e. The molecule has 0 unspecified atom stereocenters. The molecule has 0 heterocycles. The molecule has 0 aromatic heterocycles. The Morgan fingerprint density at radius 2 is 1.81 bits per heavy atom. The molecule has 27 heavy (non-hydrogen) atoms. The van der Waals surface area contributed by atoms with Crippen LogP contribution in [0.15, 0.2) is 47.5 Å². The van der Waals surface area contributed by atoms with Gasteiger partial charge in [0.05, 0.1) is 0 Å². The van der Waals surface area contributed by atoms with Crippen molar-refractivity contribution in [2.24, 2.45) is 4.99 Å². The fraction of sp³-hybridized carbons (Fsp3) is 0.278. The first-order chi connectivity index (χ1) is 12.5. The van der Waals surface area contributed by atoms with Gasteiger partial charge in [-0.05, 0) is 35.9 Å². The van der Waals surface area contributed by atoms with Crippen LogP contribution in [0.4, 0.5) is 17.6 Å². The van der Waals surface area contributed by atoms with Crippen LogP contribution in [0.25, 0.3) is 0 Å². The molecule has 0 atom stereocenters. The molecule has 2 aromatic rings. The second-order valence-electron chi connectivity index (χ2n) is 5.36. The standard InChI is InChI=1S/C18H19F4N3O.HI/c1-23-18(25-10-13-8-14(19)5-6-16(13)20)24-9-12-3-2-4-15(7-12)26-11-17(21)22;/h2-8,17H,9-11H2,1H3,(H2,23,24,25);1H. The van der Waals surface area contributed by atoms with Crippen LogP contribution < -0.4 is 15.4 Å². The van der Waals surface area contributed by atoms with Crippen LogP contribution in [0.3, 0.4) is 0 Å². The van der Waals surface area contributed by atoms with Crippen molar-refractivity contribution < 1.29 is 22.3 Å². The van der Waals surface area contributed by atoms with E-state index in [1.54, 1.807) is 31.3 Å². The van der Waals surface area contributed by atoms with E-state index in [1.807, 2.05) is 0 Å². The van der Waals surface area contributed by atoms with Crippen molar-refractivity contribution in [1.82, 2.24) is 10.6 Å². The summed E-state index contributed by atoms with van der Waals surface area (Å²) in [5.41, 5.74) is 0.965. The lowest BCUT2D eigenvalue weighted by Gasteiger charge is -2.13. The van der Waals surface area contributed by atoms with E-state index in [0.717, 1.165) is 23.8 Å². The topological polar surface area (TPSA) is 45.7 Å². The molecule has 2 rings (SSSR count). The smallest absolute Gasteiger partial charge is 0.272 e. The van der Waals surface area contributed by atoms with Gasteiger partial charge in [0.2, 0.25) is 0 Å². The number of nitrogens with one attached hydrogen (secondary N) is 2. The fourth-order valence-electron chi connectivity index (χ4n) is 2.17. The fourth-order valence-corrected chi connectivity index (χ4v) is 2.17. The Kier molecular flexibility index (Phi) is 9.90. The van der Waals surface area contributed by atoms with Crippen molar-refractivity contribution >= 4 is 29.9 Å². The minimum Gasteiger partial charge on any atom is -0.488 e. The van der Waals surface area contributed by atoms with E-state index in [1.165, 1.54) is 0 Å². The average molecular weight is 497 g/mol. The lowest BCUT2D eigenvalue weighted by atomic mass is 10.2. The molecule has 4 nitrogen and oxygen atoms in total. The SMILES string of the molecule is CN=C(NCc1cccc(OCC(F)F)c1)NCc1cc(F)ccc1F.I. The van der Waals surface area contributed by atoms with Crippen LogP contribution in [-0.2, 0) is 13.1 Å². The highest BCUT2D eigenvalue weighted by Crippen LogP contribution is 2.14. The van der Waals surface area contributed by atoms with Crippen LogP contribution in [0, 0.1) is 11.6 Å². The third-order valence-electron chi connectivity index (χ3n) is 3.41. The molecule has 0 radical (unpaired) electrons. The Bertz CT molecular complexity index is 759. The molecule has 2 N–H and O–H groups in total. The summed E-state index contributed by atoms with van der Waals surface area (Å²) in [6.45, 7) is -0.267. The predicted octanol–water partition coefficient (Wildman–Crippen LogP) is 4.09. The van der Waals surface area contributed by atoms with Crippen molar-refractivity contribution in [2.75, 3.05) is 13.7 Å². The third kappa shape index (κ3) is 8.02. The van der Waals surface area contributed by atoms with E-state index in [2.05, 4.69) is 15.6 Å². The van der Waals surface area contributed by atoms with Gasteiger partial charge >= 0.3 is 0 Å². The monoisotopic (exact) mass is 497 g/mol. The van der Waals surface area contributed by atoms with Gasteiger partial charge in [-0.15, -0.1) is 24.0 Å². The molecule has 9 heteroatoms. The molecule has 0 bridgehead atoms. The van der Waals surface area contributed by atoms with Crippen molar-refractivity contribution in [3.05, 3.63) is 65.2 Å². The number of hydrogen-bond donors (Lipinski definition) is 2. The maximum atomic E-state index is 13.6. The van der Waals surface area contributed by atoms with Crippen molar-refractivity contribution in [1.29, 1.82) is 0 Å². The van der Waals surface area contributed by atoms with Crippen molar-refractivity contribution in [3.63, 3.8) is 0 Å². The number of guanidine groups is 1. The van der Waals surface area contributed by atoms with Gasteiger partial charge in [0.15, 0.2) is 5.96 Å². The normalized spacial score (nSPS) is 11.1. The van der Waals surface area contributed by atoms with Crippen molar-refractivity contribution in [3.8, 4) is 5.75 Å². The predicted molar refractivity (Wildman–Crippen MR) is 107 cm³/mol. The zero-order valence-electron chi connectivity index (χ0n) is 14.5. The van der Waals surface area contributed by atoms with Crippen molar-refractivity contribution in [2.45, 2.75) is 19.5 Å². The Balaban J connectivity index is 0.00000364. The van der Waals surface area contributed by atoms with E-state index in [-0.39, 0.29) is 36.1 Å². The zero-order valence-corrected chi connectivity index (χ0v) is 16.8. The van der Waals surface area contributed by atoms with E-state index in [0.29, 0.717) is 18.3 Å². The molecule has 0 amide bonds. The molecule has 0 spiro atoms. The number of rotatable bonds is 7. The molecule has 0 saturated heterocycles. The van der Waals surface area contributed by atoms with Gasteiger partial charge in [-0.25, -0.2) is 17.6 Å². The summed E-state index contributed by atoms with van der Waals surface area (Å²) in [6.07, 6.45) is -2.54. The molecular formula is C18H20F4IN3O. The first-order valence-corrected chi connectivity index (χ1v) is 7.86. The second-order valence-corrected chi connectivity index (χ2v) is 5.36. The third-order valence-corrected chi connectivity index (χ3v) is 3.41. The first-order valence-electron chi connectivity index (χ1n) is 7.86. The molecule has 0 aliphatic heterocycles. The Morgan fingerprint density at radius 3 is 2.52 bits per heavy atom. The number of benzene rings is 2. The molecular weight excluding hydrogens is 477 g/mol. The lowest BCUT2D eigenvalue weighted by molar-refractivity contribution is 0.0818. The summed E-state index contributed by atoms with van der Waals surface area (Å²) in [5, 5.41) is 5.88. The number of nitrogens with zero attached hydrogens (tertiary/aromatic N) is 1. The first kappa shape index (κ1) is 23.0. The van der Waals surface area contributed by atoms with Gasteiger partial charge in [-0.1, -0.05) is 12.1 Å². The number of hydrogen-bond acceptors (Lipinski definition) is 2. The summed E-state index contributed by atoms with van der Waals surface area (Å²) >= 11 is 0. The Morgan fingerprint density at radius 1 is 1.07 bits per heavy atom. The lowest BCUT2D eigenvalue weighted by Crippen LogP contribution is -2.36. The summed E-state index contributed by atoms with van der Waals surface area (Å²) in [6, 6.07) is 9.93. The summed E-state index contributed by atoms with van der Waals surface area (Å²) < 4.78 is 56.1. The molecule has 0 saturated carbocycles. The van der Waals surface area contributed by atoms with E-state index in [9.17, 15) is 17.6 Å². The van der Waals surface area contributed by atoms with Crippen LogP contribution in [0.1, 0.15) is 11.1 Å². The summed E-state index contributed by atoms with van der Waals surface area (Å²) in [5.74, 6) is -0.313. The van der Waals surface area contributed by atoms with Gasteiger partial charge in [-0.2, -0.15) is 0 Å². The number of halogens is 5. The van der Waals surface area contributed by atoms with Gasteiger partial charge in [0.25, 0.3) is 6.43 Å². The zero-order chi connectivity index (χ0) is 18.9. The minimum absolute atomic E-state index is 0. The van der Waals surface area contributed by atoms with Gasteiger partial charge < -0.3 is 15.4 Å². The molecule has 2 aromatic carbocycles.